The topological polar surface area (TPSA) is 50.4 Å². The average Bonchev–Trinajstić information content (AvgIpc) is 2.84. The van der Waals surface area contributed by atoms with Gasteiger partial charge in [-0.2, -0.15) is 0 Å². The monoisotopic (exact) mass is 266 g/mol. The van der Waals surface area contributed by atoms with Gasteiger partial charge in [0.2, 0.25) is 5.91 Å². The molecular weight excluding hydrogens is 240 g/mol. The Balaban J connectivity index is 1.52. The lowest BCUT2D eigenvalue weighted by molar-refractivity contribution is -0.125. The van der Waals surface area contributed by atoms with Crippen molar-refractivity contribution in [2.75, 3.05) is 6.61 Å². The lowest BCUT2D eigenvalue weighted by Crippen LogP contribution is -2.56. The van der Waals surface area contributed by atoms with Gasteiger partial charge in [-0.05, 0) is 44.9 Å². The van der Waals surface area contributed by atoms with Crippen LogP contribution in [0.5, 0.6) is 0 Å². The van der Waals surface area contributed by atoms with Crippen LogP contribution in [0.3, 0.4) is 0 Å². The molecular formula is C15H26N2O2. The van der Waals surface area contributed by atoms with Crippen molar-refractivity contribution in [1.29, 1.82) is 0 Å². The van der Waals surface area contributed by atoms with Crippen LogP contribution in [0.1, 0.15) is 51.9 Å². The molecule has 5 atom stereocenters. The summed E-state index contributed by atoms with van der Waals surface area (Å²) in [6.07, 6.45) is 8.60. The standard InChI is InChI=1S/C15H26N2O2/c1-10-12(8-9-19-10)17-15(18)14-7-6-11-4-2-3-5-13(11)16-14/h10-14,16H,2-9H2,1H3,(H,17,18). The van der Waals surface area contributed by atoms with E-state index in [1.165, 1.54) is 32.1 Å². The van der Waals surface area contributed by atoms with Crippen molar-refractivity contribution in [1.82, 2.24) is 10.6 Å². The Hall–Kier alpha value is -0.610. The van der Waals surface area contributed by atoms with Crippen molar-refractivity contribution in [3.63, 3.8) is 0 Å². The number of nitrogens with one attached hydrogen (secondary N) is 2. The number of amides is 1. The summed E-state index contributed by atoms with van der Waals surface area (Å²) in [6.45, 7) is 2.82. The van der Waals surface area contributed by atoms with E-state index in [0.29, 0.717) is 6.04 Å². The molecule has 0 aromatic heterocycles. The van der Waals surface area contributed by atoms with E-state index in [4.69, 9.17) is 4.74 Å². The average molecular weight is 266 g/mol. The van der Waals surface area contributed by atoms with Gasteiger partial charge in [-0.25, -0.2) is 0 Å². The summed E-state index contributed by atoms with van der Waals surface area (Å²) in [5.74, 6) is 0.998. The molecule has 0 radical (unpaired) electrons. The molecule has 3 aliphatic rings. The lowest BCUT2D eigenvalue weighted by atomic mass is 9.77. The predicted octanol–water partition coefficient (Wildman–Crippen LogP) is 1.59. The van der Waals surface area contributed by atoms with Gasteiger partial charge >= 0.3 is 0 Å². The second kappa shape index (κ2) is 5.80. The smallest absolute Gasteiger partial charge is 0.237 e. The first kappa shape index (κ1) is 13.4. The zero-order valence-electron chi connectivity index (χ0n) is 11.9. The van der Waals surface area contributed by atoms with Crippen LogP contribution in [0.25, 0.3) is 0 Å². The number of piperidine rings is 1. The minimum Gasteiger partial charge on any atom is -0.376 e. The summed E-state index contributed by atoms with van der Waals surface area (Å²) in [4.78, 5) is 12.3. The van der Waals surface area contributed by atoms with Gasteiger partial charge < -0.3 is 15.4 Å². The summed E-state index contributed by atoms with van der Waals surface area (Å²) in [5.41, 5.74) is 0. The summed E-state index contributed by atoms with van der Waals surface area (Å²) >= 11 is 0. The van der Waals surface area contributed by atoms with E-state index in [0.717, 1.165) is 25.4 Å². The first-order valence-corrected chi connectivity index (χ1v) is 7.92. The molecule has 2 heterocycles. The van der Waals surface area contributed by atoms with E-state index in [-0.39, 0.29) is 24.1 Å². The Labute approximate surface area is 115 Å². The molecule has 2 saturated heterocycles. The van der Waals surface area contributed by atoms with Gasteiger partial charge in [0.1, 0.15) is 0 Å². The normalized spacial score (nSPS) is 42.7. The highest BCUT2D eigenvalue weighted by Gasteiger charge is 2.36. The number of fused-ring (bicyclic) bond motifs is 1. The fourth-order valence-electron chi connectivity index (χ4n) is 3.91. The van der Waals surface area contributed by atoms with E-state index in [9.17, 15) is 4.79 Å². The molecule has 3 rings (SSSR count). The third-order valence-corrected chi connectivity index (χ3v) is 5.17. The Kier molecular flexibility index (Phi) is 4.08. The Morgan fingerprint density at radius 1 is 1.16 bits per heavy atom. The van der Waals surface area contributed by atoms with Crippen molar-refractivity contribution in [3.05, 3.63) is 0 Å². The van der Waals surface area contributed by atoms with Crippen LogP contribution in [0.4, 0.5) is 0 Å². The van der Waals surface area contributed by atoms with Gasteiger partial charge in [-0.3, -0.25) is 4.79 Å². The quantitative estimate of drug-likeness (QED) is 0.798. The van der Waals surface area contributed by atoms with Crippen molar-refractivity contribution in [2.24, 2.45) is 5.92 Å². The molecule has 3 fully saturated rings. The highest BCUT2D eigenvalue weighted by atomic mass is 16.5. The number of rotatable bonds is 2. The van der Waals surface area contributed by atoms with Crippen molar-refractivity contribution in [2.45, 2.75) is 76.1 Å². The Bertz CT molecular complexity index is 334. The molecule has 5 unspecified atom stereocenters. The number of carbonyl (C=O) groups is 1. The Morgan fingerprint density at radius 3 is 2.79 bits per heavy atom. The number of hydrogen-bond acceptors (Lipinski definition) is 3. The molecule has 1 aliphatic carbocycles. The van der Waals surface area contributed by atoms with Gasteiger partial charge in [0.15, 0.2) is 0 Å². The number of carbonyl (C=O) groups excluding carboxylic acids is 1. The summed E-state index contributed by atoms with van der Waals surface area (Å²) in [5, 5.41) is 6.76. The molecule has 4 nitrogen and oxygen atoms in total. The minimum absolute atomic E-state index is 0.0205. The molecule has 1 amide bonds. The van der Waals surface area contributed by atoms with Crippen LogP contribution in [-0.2, 0) is 9.53 Å². The molecule has 0 aromatic rings. The van der Waals surface area contributed by atoms with Crippen molar-refractivity contribution in [3.8, 4) is 0 Å². The van der Waals surface area contributed by atoms with Gasteiger partial charge in [0, 0.05) is 12.6 Å². The largest absolute Gasteiger partial charge is 0.376 e. The number of ether oxygens (including phenoxy) is 1. The maximum Gasteiger partial charge on any atom is 0.237 e. The molecule has 0 bridgehead atoms. The van der Waals surface area contributed by atoms with Gasteiger partial charge in [0.05, 0.1) is 18.2 Å². The van der Waals surface area contributed by atoms with Crippen LogP contribution in [-0.4, -0.2) is 36.7 Å². The second-order valence-electron chi connectivity index (χ2n) is 6.43. The van der Waals surface area contributed by atoms with E-state index in [2.05, 4.69) is 10.6 Å². The second-order valence-corrected chi connectivity index (χ2v) is 6.43. The van der Waals surface area contributed by atoms with Gasteiger partial charge in [0.25, 0.3) is 0 Å². The van der Waals surface area contributed by atoms with Crippen LogP contribution in [0.2, 0.25) is 0 Å². The molecule has 0 spiro atoms. The summed E-state index contributed by atoms with van der Waals surface area (Å²) < 4.78 is 5.50. The molecule has 108 valence electrons. The molecule has 2 aliphatic heterocycles. The Morgan fingerprint density at radius 2 is 2.00 bits per heavy atom. The van der Waals surface area contributed by atoms with Gasteiger partial charge in [-0.1, -0.05) is 12.8 Å². The molecule has 4 heteroatoms. The van der Waals surface area contributed by atoms with E-state index < -0.39 is 0 Å². The first-order valence-electron chi connectivity index (χ1n) is 7.92. The molecule has 2 N–H and O–H groups in total. The summed E-state index contributed by atoms with van der Waals surface area (Å²) in [6, 6.07) is 0.807. The maximum absolute atomic E-state index is 12.3. The van der Waals surface area contributed by atoms with E-state index in [1.807, 2.05) is 6.92 Å². The SMILES string of the molecule is CC1OCCC1NC(=O)C1CCC2CCCCC2N1. The van der Waals surface area contributed by atoms with Crippen molar-refractivity contribution >= 4 is 5.91 Å². The summed E-state index contributed by atoms with van der Waals surface area (Å²) in [7, 11) is 0. The highest BCUT2D eigenvalue weighted by Crippen LogP contribution is 2.32. The lowest BCUT2D eigenvalue weighted by Gasteiger charge is -2.40. The minimum atomic E-state index is 0.0205. The third-order valence-electron chi connectivity index (χ3n) is 5.17. The maximum atomic E-state index is 12.3. The van der Waals surface area contributed by atoms with Crippen LogP contribution in [0, 0.1) is 5.92 Å². The molecule has 19 heavy (non-hydrogen) atoms. The van der Waals surface area contributed by atoms with E-state index >= 15 is 0 Å². The van der Waals surface area contributed by atoms with E-state index in [1.54, 1.807) is 0 Å². The predicted molar refractivity (Wildman–Crippen MR) is 73.9 cm³/mol. The molecule has 1 saturated carbocycles. The first-order chi connectivity index (χ1) is 9.24. The zero-order chi connectivity index (χ0) is 13.2. The highest BCUT2D eigenvalue weighted by molar-refractivity contribution is 5.82. The van der Waals surface area contributed by atoms with Crippen molar-refractivity contribution < 1.29 is 9.53 Å². The third kappa shape index (κ3) is 2.95. The fraction of sp³-hybridized carbons (Fsp3) is 0.933. The fourth-order valence-corrected chi connectivity index (χ4v) is 3.91. The van der Waals surface area contributed by atoms with Crippen LogP contribution in [0.15, 0.2) is 0 Å². The molecule has 0 aromatic carbocycles. The van der Waals surface area contributed by atoms with Gasteiger partial charge in [-0.15, -0.1) is 0 Å². The zero-order valence-corrected chi connectivity index (χ0v) is 11.9. The van der Waals surface area contributed by atoms with Crippen LogP contribution < -0.4 is 10.6 Å². The van der Waals surface area contributed by atoms with Crippen LogP contribution >= 0.6 is 0 Å². The number of hydrogen-bond donors (Lipinski definition) is 2.